The summed E-state index contributed by atoms with van der Waals surface area (Å²) in [6.07, 6.45) is -1.81. The van der Waals surface area contributed by atoms with Gasteiger partial charge in [0.15, 0.2) is 0 Å². The maximum absolute atomic E-state index is 12.4. The molecule has 1 unspecified atom stereocenters. The van der Waals surface area contributed by atoms with Gasteiger partial charge in [0.25, 0.3) is 0 Å². The minimum atomic E-state index is -3.11. The highest BCUT2D eigenvalue weighted by molar-refractivity contribution is 7.77. The van der Waals surface area contributed by atoms with Gasteiger partial charge in [0, 0.05) is 6.42 Å². The Balaban J connectivity index is 5.60. The molecule has 25 heavy (non-hydrogen) atoms. The van der Waals surface area contributed by atoms with Gasteiger partial charge >= 0.3 is 18.0 Å². The molecule has 0 saturated carbocycles. The van der Waals surface area contributed by atoms with Crippen LogP contribution in [-0.4, -0.2) is 55.5 Å². The number of hydrogen-bond donors (Lipinski definition) is 0. The Bertz CT molecular complexity index is 521. The molecule has 0 rings (SSSR count). The van der Waals surface area contributed by atoms with Gasteiger partial charge in [-0.3, -0.25) is 9.00 Å². The van der Waals surface area contributed by atoms with Crippen LogP contribution in [0, 0.1) is 0 Å². The highest BCUT2D eigenvalue weighted by Crippen LogP contribution is 2.20. The smallest absolute Gasteiger partial charge is 0.422 e. The van der Waals surface area contributed by atoms with Crippen molar-refractivity contribution in [2.75, 3.05) is 7.11 Å². The molecule has 0 aliphatic rings. The van der Waals surface area contributed by atoms with Crippen LogP contribution >= 0.6 is 0 Å². The molecule has 0 N–H and O–H groups in total. The van der Waals surface area contributed by atoms with Crippen LogP contribution in [0.4, 0.5) is 4.79 Å². The fourth-order valence-electron chi connectivity index (χ4n) is 1.66. The van der Waals surface area contributed by atoms with Crippen LogP contribution in [0.15, 0.2) is 0 Å². The van der Waals surface area contributed by atoms with Crippen LogP contribution in [0.2, 0.25) is 0 Å². The predicted octanol–water partition coefficient (Wildman–Crippen LogP) is 1.68. The summed E-state index contributed by atoms with van der Waals surface area (Å²) in [5.41, 5.74) is -1.89. The zero-order valence-electron chi connectivity index (χ0n) is 15.6. The second kappa shape index (κ2) is 9.14. The van der Waals surface area contributed by atoms with Gasteiger partial charge < -0.3 is 18.8 Å². The Kier molecular flexibility index (Phi) is 8.52. The summed E-state index contributed by atoms with van der Waals surface area (Å²) < 4.78 is 38.0. The summed E-state index contributed by atoms with van der Waals surface area (Å²) in [7, 11) is 1.15. The molecular weight excluding hydrogens is 354 g/mol. The lowest BCUT2D eigenvalue weighted by Crippen LogP contribution is -2.50. The molecule has 1 amide bonds. The van der Waals surface area contributed by atoms with E-state index >= 15 is 0 Å². The number of nitrogens with zero attached hydrogens (tertiary/aromatic N) is 1. The van der Waals surface area contributed by atoms with Gasteiger partial charge in [-0.05, 0) is 48.0 Å². The van der Waals surface area contributed by atoms with Crippen LogP contribution in [0.5, 0.6) is 0 Å². The average molecular weight is 380 g/mol. The van der Waals surface area contributed by atoms with Crippen molar-refractivity contribution in [3.8, 4) is 0 Å². The third-order valence-corrected chi connectivity index (χ3v) is 3.27. The van der Waals surface area contributed by atoms with Crippen molar-refractivity contribution in [3.05, 3.63) is 0 Å². The fraction of sp³-hybridized carbons (Fsp3) is 0.800. The van der Waals surface area contributed by atoms with Crippen LogP contribution in [-0.2, 0) is 35.1 Å². The minimum Gasteiger partial charge on any atom is -0.755 e. The average Bonchev–Trinajstić information content (AvgIpc) is 2.37. The Morgan fingerprint density at radius 3 is 1.88 bits per heavy atom. The molecule has 0 bridgehead atoms. The first-order valence-corrected chi connectivity index (χ1v) is 8.62. The molecule has 0 aliphatic carbocycles. The monoisotopic (exact) mass is 380 g/mol. The summed E-state index contributed by atoms with van der Waals surface area (Å²) >= 11 is -3.11. The lowest BCUT2D eigenvalue weighted by molar-refractivity contribution is -0.160. The van der Waals surface area contributed by atoms with Gasteiger partial charge in [-0.1, -0.05) is 0 Å². The third kappa shape index (κ3) is 9.40. The quantitative estimate of drug-likeness (QED) is 0.387. The molecule has 0 spiro atoms. The van der Waals surface area contributed by atoms with E-state index in [1.165, 1.54) is 0 Å². The van der Waals surface area contributed by atoms with Crippen LogP contribution < -0.4 is 0 Å². The topological polar surface area (TPSA) is 122 Å². The highest BCUT2D eigenvalue weighted by Gasteiger charge is 2.37. The first-order valence-electron chi connectivity index (χ1n) is 7.59. The van der Waals surface area contributed by atoms with Crippen molar-refractivity contribution >= 4 is 29.3 Å². The summed E-state index contributed by atoms with van der Waals surface area (Å²) in [4.78, 5) is 35.9. The maximum atomic E-state index is 12.4. The van der Waals surface area contributed by atoms with Crippen LogP contribution in [0.1, 0.15) is 54.4 Å². The largest absolute Gasteiger partial charge is 0.755 e. The number of esters is 2. The van der Waals surface area contributed by atoms with Gasteiger partial charge in [0.1, 0.15) is 17.2 Å². The Hall–Kier alpha value is -1.68. The predicted molar refractivity (Wildman–Crippen MR) is 87.9 cm³/mol. The van der Waals surface area contributed by atoms with E-state index in [2.05, 4.69) is 4.74 Å². The second-order valence-electron chi connectivity index (χ2n) is 7.19. The zero-order valence-corrected chi connectivity index (χ0v) is 16.4. The summed E-state index contributed by atoms with van der Waals surface area (Å²) in [5.74, 6) is -1.62. The number of hydrogen-bond acceptors (Lipinski definition) is 8. The Morgan fingerprint density at radius 1 is 1.04 bits per heavy atom. The normalized spacial score (nSPS) is 14.2. The molecule has 0 aliphatic heterocycles. The third-order valence-electron chi connectivity index (χ3n) is 2.55. The number of carbonyl (C=O) groups is 3. The van der Waals surface area contributed by atoms with E-state index in [9.17, 15) is 23.1 Å². The molecular formula is C15H26NO8S-. The van der Waals surface area contributed by atoms with Crippen molar-refractivity contribution in [2.45, 2.75) is 71.6 Å². The second-order valence-corrected chi connectivity index (χ2v) is 8.01. The first kappa shape index (κ1) is 23.3. The maximum Gasteiger partial charge on any atom is 0.422 e. The molecule has 146 valence electrons. The van der Waals surface area contributed by atoms with E-state index in [0.29, 0.717) is 0 Å². The van der Waals surface area contributed by atoms with Crippen LogP contribution in [0.25, 0.3) is 0 Å². The van der Waals surface area contributed by atoms with Gasteiger partial charge in [-0.25, -0.2) is 13.9 Å². The molecule has 9 nitrogen and oxygen atoms in total. The Labute approximate surface area is 150 Å². The molecule has 10 heteroatoms. The van der Waals surface area contributed by atoms with Gasteiger partial charge in [-0.15, -0.1) is 0 Å². The number of rotatable bonds is 6. The highest BCUT2D eigenvalue weighted by atomic mass is 32.2. The van der Waals surface area contributed by atoms with E-state index in [0.717, 1.165) is 7.11 Å². The molecule has 0 aromatic rings. The zero-order chi connectivity index (χ0) is 20.0. The van der Waals surface area contributed by atoms with Gasteiger partial charge in [-0.2, -0.15) is 0 Å². The van der Waals surface area contributed by atoms with E-state index in [1.807, 2.05) is 0 Å². The standard InChI is InChI=1S/C15H27NO8S/c1-14(2,3)23-12(18)10(8-9-11(17)22-7)16(25(20)21)13(19)24-15(4,5)6/h10H,8-9H2,1-7H3,(H,20,21)/p-1/t10-/m0/s1. The lowest BCUT2D eigenvalue weighted by Gasteiger charge is -2.34. The molecule has 0 heterocycles. The molecule has 0 aromatic heterocycles. The van der Waals surface area contributed by atoms with E-state index in [1.54, 1.807) is 41.5 Å². The van der Waals surface area contributed by atoms with Gasteiger partial charge in [0.05, 0.1) is 18.4 Å². The molecule has 0 aromatic carbocycles. The van der Waals surface area contributed by atoms with Crippen molar-refractivity contribution < 1.29 is 37.4 Å². The molecule has 0 radical (unpaired) electrons. The van der Waals surface area contributed by atoms with Crippen molar-refractivity contribution in [1.29, 1.82) is 0 Å². The summed E-state index contributed by atoms with van der Waals surface area (Å²) in [6.45, 7) is 9.42. The fourth-order valence-corrected chi connectivity index (χ4v) is 2.21. The minimum absolute atomic E-state index is 0.238. The van der Waals surface area contributed by atoms with Gasteiger partial charge in [0.2, 0.25) is 0 Å². The number of ether oxygens (including phenoxy) is 3. The SMILES string of the molecule is COC(=O)CC[C@@H](C(=O)OC(C)(C)C)N(C(=O)OC(C)(C)C)S(=O)[O-]. The van der Waals surface area contributed by atoms with Crippen LogP contribution in [0.3, 0.4) is 0 Å². The Morgan fingerprint density at radius 2 is 1.52 bits per heavy atom. The molecule has 0 saturated heterocycles. The van der Waals surface area contributed by atoms with Crippen molar-refractivity contribution in [2.24, 2.45) is 0 Å². The first-order chi connectivity index (χ1) is 11.2. The number of methoxy groups -OCH3 is 1. The number of amides is 1. The van der Waals surface area contributed by atoms with Crippen molar-refractivity contribution in [1.82, 2.24) is 4.31 Å². The lowest BCUT2D eigenvalue weighted by atomic mass is 10.1. The number of carbonyl (C=O) groups excluding carboxylic acids is 3. The summed E-state index contributed by atoms with van der Waals surface area (Å²) in [6, 6.07) is -1.55. The van der Waals surface area contributed by atoms with E-state index in [4.69, 9.17) is 9.47 Å². The van der Waals surface area contributed by atoms with E-state index < -0.39 is 46.5 Å². The van der Waals surface area contributed by atoms with Crippen molar-refractivity contribution in [3.63, 3.8) is 0 Å². The van der Waals surface area contributed by atoms with E-state index in [-0.39, 0.29) is 17.1 Å². The molecule has 0 fully saturated rings. The summed E-state index contributed by atoms with van der Waals surface area (Å²) in [5, 5.41) is 0. The molecule has 2 atom stereocenters.